The Bertz CT molecular complexity index is 827. The van der Waals surface area contributed by atoms with Gasteiger partial charge >= 0.3 is 0 Å². The van der Waals surface area contributed by atoms with Gasteiger partial charge in [-0.05, 0) is 30.5 Å². The van der Waals surface area contributed by atoms with Crippen molar-refractivity contribution in [3.63, 3.8) is 0 Å². The van der Waals surface area contributed by atoms with Crippen LogP contribution in [-0.4, -0.2) is 34.7 Å². The number of carbonyl (C=O) groups excluding carboxylic acids is 2. The Morgan fingerprint density at radius 2 is 1.69 bits per heavy atom. The van der Waals surface area contributed by atoms with Crippen LogP contribution in [-0.2, 0) is 11.2 Å². The molecule has 1 N–H and O–H groups in total. The van der Waals surface area contributed by atoms with Crippen molar-refractivity contribution in [1.29, 1.82) is 0 Å². The fourth-order valence-electron chi connectivity index (χ4n) is 2.98. The maximum absolute atomic E-state index is 12.6. The molecule has 1 heterocycles. The highest BCUT2D eigenvalue weighted by molar-refractivity contribution is 6.04. The lowest BCUT2D eigenvalue weighted by molar-refractivity contribution is -0.384. The number of likely N-dealkylation sites (tertiary alicyclic amines) is 1. The third kappa shape index (κ3) is 4.05. The van der Waals surface area contributed by atoms with Gasteiger partial charge in [0.05, 0.1) is 22.6 Å². The second-order valence-corrected chi connectivity index (χ2v) is 6.19. The molecule has 0 bridgehead atoms. The van der Waals surface area contributed by atoms with E-state index < -0.39 is 4.92 Å². The largest absolute Gasteiger partial charge is 0.339 e. The summed E-state index contributed by atoms with van der Waals surface area (Å²) in [5, 5.41) is 13.5. The van der Waals surface area contributed by atoms with E-state index in [-0.39, 0.29) is 23.9 Å². The lowest BCUT2D eigenvalue weighted by Crippen LogP contribution is -2.29. The maximum atomic E-state index is 12.6. The van der Waals surface area contributed by atoms with Gasteiger partial charge in [0.1, 0.15) is 0 Å². The van der Waals surface area contributed by atoms with Gasteiger partial charge in [-0.25, -0.2) is 0 Å². The molecule has 0 unspecified atom stereocenters. The van der Waals surface area contributed by atoms with E-state index in [0.29, 0.717) is 16.8 Å². The molecular formula is C19H19N3O4. The normalized spacial score (nSPS) is 13.5. The Balaban J connectivity index is 1.69. The number of nitro groups is 1. The molecule has 1 fully saturated rings. The number of nitro benzene ring substituents is 1. The van der Waals surface area contributed by atoms with Gasteiger partial charge in [-0.2, -0.15) is 0 Å². The molecule has 1 aliphatic heterocycles. The zero-order valence-corrected chi connectivity index (χ0v) is 14.2. The van der Waals surface area contributed by atoms with E-state index in [9.17, 15) is 19.7 Å². The van der Waals surface area contributed by atoms with Gasteiger partial charge < -0.3 is 10.2 Å². The van der Waals surface area contributed by atoms with Gasteiger partial charge in [-0.1, -0.05) is 24.3 Å². The number of nitrogens with one attached hydrogen (secondary N) is 1. The van der Waals surface area contributed by atoms with Crippen LogP contribution in [0.15, 0.2) is 48.5 Å². The molecule has 1 aliphatic rings. The average molecular weight is 353 g/mol. The van der Waals surface area contributed by atoms with E-state index in [0.717, 1.165) is 25.9 Å². The van der Waals surface area contributed by atoms with Gasteiger partial charge in [0.2, 0.25) is 5.91 Å². The number of para-hydroxylation sites is 1. The van der Waals surface area contributed by atoms with Crippen LogP contribution in [0.4, 0.5) is 11.4 Å². The van der Waals surface area contributed by atoms with Crippen molar-refractivity contribution < 1.29 is 14.5 Å². The molecule has 2 amide bonds. The van der Waals surface area contributed by atoms with E-state index in [4.69, 9.17) is 0 Å². The third-order valence-electron chi connectivity index (χ3n) is 4.34. The number of nitrogens with zero attached hydrogens (tertiary/aromatic N) is 2. The molecule has 0 aromatic heterocycles. The molecule has 0 radical (unpaired) electrons. The first-order chi connectivity index (χ1) is 12.5. The summed E-state index contributed by atoms with van der Waals surface area (Å²) in [6.07, 6.45) is 2.07. The van der Waals surface area contributed by atoms with Gasteiger partial charge in [0, 0.05) is 25.2 Å². The van der Waals surface area contributed by atoms with Crippen molar-refractivity contribution in [2.75, 3.05) is 18.4 Å². The minimum Gasteiger partial charge on any atom is -0.339 e. The molecule has 0 spiro atoms. The zero-order valence-electron chi connectivity index (χ0n) is 14.2. The Morgan fingerprint density at radius 3 is 2.35 bits per heavy atom. The molecule has 0 saturated carbocycles. The van der Waals surface area contributed by atoms with Crippen molar-refractivity contribution in [1.82, 2.24) is 4.90 Å². The molecule has 0 atom stereocenters. The number of amides is 2. The van der Waals surface area contributed by atoms with Crippen LogP contribution in [0.2, 0.25) is 0 Å². The summed E-state index contributed by atoms with van der Waals surface area (Å²) in [6.45, 7) is 1.48. The summed E-state index contributed by atoms with van der Waals surface area (Å²) < 4.78 is 0. The highest BCUT2D eigenvalue weighted by Gasteiger charge is 2.22. The van der Waals surface area contributed by atoms with Crippen LogP contribution in [0.3, 0.4) is 0 Å². The molecule has 7 nitrogen and oxygen atoms in total. The SMILES string of the molecule is O=C(Cc1ccc([N+](=O)[O-])cc1)Nc1ccccc1C(=O)N1CCCC1. The van der Waals surface area contributed by atoms with Crippen LogP contribution in [0, 0.1) is 10.1 Å². The lowest BCUT2D eigenvalue weighted by Gasteiger charge is -2.18. The smallest absolute Gasteiger partial charge is 0.269 e. The van der Waals surface area contributed by atoms with Crippen molar-refractivity contribution in [3.8, 4) is 0 Å². The highest BCUT2D eigenvalue weighted by atomic mass is 16.6. The van der Waals surface area contributed by atoms with Gasteiger partial charge in [-0.3, -0.25) is 19.7 Å². The summed E-state index contributed by atoms with van der Waals surface area (Å²) in [7, 11) is 0. The maximum Gasteiger partial charge on any atom is 0.269 e. The first-order valence-corrected chi connectivity index (χ1v) is 8.46. The highest BCUT2D eigenvalue weighted by Crippen LogP contribution is 2.20. The molecule has 134 valence electrons. The molecule has 3 rings (SSSR count). The van der Waals surface area contributed by atoms with Crippen molar-refractivity contribution in [2.24, 2.45) is 0 Å². The van der Waals surface area contributed by atoms with Crippen LogP contribution in [0.5, 0.6) is 0 Å². The third-order valence-corrected chi connectivity index (χ3v) is 4.34. The van der Waals surface area contributed by atoms with Crippen LogP contribution in [0.1, 0.15) is 28.8 Å². The molecule has 1 saturated heterocycles. The topological polar surface area (TPSA) is 92.5 Å². The fourth-order valence-corrected chi connectivity index (χ4v) is 2.98. The predicted molar refractivity (Wildman–Crippen MR) is 97.0 cm³/mol. The van der Waals surface area contributed by atoms with E-state index in [1.54, 1.807) is 41.3 Å². The summed E-state index contributed by atoms with van der Waals surface area (Å²) in [4.78, 5) is 36.9. The quantitative estimate of drug-likeness (QED) is 0.660. The van der Waals surface area contributed by atoms with Crippen molar-refractivity contribution >= 4 is 23.2 Å². The van der Waals surface area contributed by atoms with E-state index in [1.807, 2.05) is 0 Å². The lowest BCUT2D eigenvalue weighted by atomic mass is 10.1. The number of anilines is 1. The summed E-state index contributed by atoms with van der Waals surface area (Å²) >= 11 is 0. The van der Waals surface area contributed by atoms with Crippen LogP contribution >= 0.6 is 0 Å². The fraction of sp³-hybridized carbons (Fsp3) is 0.263. The minimum atomic E-state index is -0.482. The monoisotopic (exact) mass is 353 g/mol. The molecule has 2 aromatic rings. The van der Waals surface area contributed by atoms with E-state index in [2.05, 4.69) is 5.32 Å². The molecule has 2 aromatic carbocycles. The van der Waals surface area contributed by atoms with Crippen molar-refractivity contribution in [3.05, 3.63) is 69.8 Å². The minimum absolute atomic E-state index is 0.0179. The average Bonchev–Trinajstić information content (AvgIpc) is 3.16. The second kappa shape index (κ2) is 7.77. The number of non-ortho nitro benzene ring substituents is 1. The van der Waals surface area contributed by atoms with Crippen molar-refractivity contribution in [2.45, 2.75) is 19.3 Å². The first-order valence-electron chi connectivity index (χ1n) is 8.46. The Morgan fingerprint density at radius 1 is 1.04 bits per heavy atom. The number of hydrogen-bond acceptors (Lipinski definition) is 4. The number of rotatable bonds is 5. The van der Waals surface area contributed by atoms with Gasteiger partial charge in [0.25, 0.3) is 11.6 Å². The van der Waals surface area contributed by atoms with E-state index >= 15 is 0 Å². The van der Waals surface area contributed by atoms with Crippen LogP contribution < -0.4 is 5.32 Å². The van der Waals surface area contributed by atoms with E-state index in [1.165, 1.54) is 12.1 Å². The zero-order chi connectivity index (χ0) is 18.5. The number of benzene rings is 2. The molecular weight excluding hydrogens is 334 g/mol. The summed E-state index contributed by atoms with van der Waals surface area (Å²) in [6, 6.07) is 12.8. The van der Waals surface area contributed by atoms with Crippen LogP contribution in [0.25, 0.3) is 0 Å². The van der Waals surface area contributed by atoms with Gasteiger partial charge in [0.15, 0.2) is 0 Å². The molecule has 0 aliphatic carbocycles. The standard InChI is InChI=1S/C19H19N3O4/c23-18(13-14-7-9-15(10-8-14)22(25)26)20-17-6-2-1-5-16(17)19(24)21-11-3-4-12-21/h1-2,5-10H,3-4,11-13H2,(H,20,23). The van der Waals surface area contributed by atoms with Gasteiger partial charge in [-0.15, -0.1) is 0 Å². The number of hydrogen-bond donors (Lipinski definition) is 1. The molecule has 7 heteroatoms. The predicted octanol–water partition coefficient (Wildman–Crippen LogP) is 3.01. The number of carbonyl (C=O) groups is 2. The first kappa shape index (κ1) is 17.6. The Labute approximate surface area is 150 Å². The second-order valence-electron chi connectivity index (χ2n) is 6.19. The summed E-state index contributed by atoms with van der Waals surface area (Å²) in [5.74, 6) is -0.353. The summed E-state index contributed by atoms with van der Waals surface area (Å²) in [5.41, 5.74) is 1.61. The Hall–Kier alpha value is -3.22. The Kier molecular flexibility index (Phi) is 5.26. The molecule has 26 heavy (non-hydrogen) atoms.